The number of hydrogen-bond donors (Lipinski definition) is 1. The molecule has 0 saturated heterocycles. The van der Waals surface area contributed by atoms with Crippen LogP contribution in [-0.4, -0.2) is 25.6 Å². The van der Waals surface area contributed by atoms with Gasteiger partial charge < -0.3 is 14.8 Å². The number of carbonyl (C=O) groups is 2. The van der Waals surface area contributed by atoms with Crippen LogP contribution in [0.1, 0.15) is 25.3 Å². The average Bonchev–Trinajstić information content (AvgIpc) is 2.40. The lowest BCUT2D eigenvalue weighted by molar-refractivity contribution is -0.147. The van der Waals surface area contributed by atoms with Gasteiger partial charge in [-0.1, -0.05) is 18.5 Å². The number of ether oxygens (including phenoxy) is 2. The molecule has 0 radical (unpaired) electrons. The fourth-order valence-corrected chi connectivity index (χ4v) is 1.69. The van der Waals surface area contributed by atoms with Crippen LogP contribution in [0.15, 0.2) is 12.1 Å². The lowest BCUT2D eigenvalue weighted by Gasteiger charge is -2.12. The Morgan fingerprint density at radius 3 is 2.65 bits per heavy atom. The molecular formula is C14H18ClNO4. The van der Waals surface area contributed by atoms with Crippen molar-refractivity contribution in [1.82, 2.24) is 0 Å². The maximum absolute atomic E-state index is 11.7. The van der Waals surface area contributed by atoms with E-state index in [2.05, 4.69) is 5.32 Å². The quantitative estimate of drug-likeness (QED) is 0.820. The second-order valence-corrected chi connectivity index (χ2v) is 4.67. The number of carbonyl (C=O) groups excluding carboxylic acids is 2. The highest BCUT2D eigenvalue weighted by Crippen LogP contribution is 2.30. The van der Waals surface area contributed by atoms with Gasteiger partial charge in [0, 0.05) is 17.5 Å². The van der Waals surface area contributed by atoms with Gasteiger partial charge in [0.2, 0.25) is 0 Å². The Bertz CT molecular complexity index is 502. The largest absolute Gasteiger partial charge is 0.495 e. The first-order valence-corrected chi connectivity index (χ1v) is 6.65. The zero-order valence-electron chi connectivity index (χ0n) is 11.8. The molecule has 20 heavy (non-hydrogen) atoms. The third kappa shape index (κ3) is 4.74. The van der Waals surface area contributed by atoms with E-state index < -0.39 is 5.91 Å². The third-order valence-electron chi connectivity index (χ3n) is 2.57. The molecule has 0 aliphatic carbocycles. The minimum Gasteiger partial charge on any atom is -0.495 e. The molecule has 1 aromatic carbocycles. The van der Waals surface area contributed by atoms with E-state index in [1.807, 2.05) is 13.8 Å². The molecule has 0 saturated carbocycles. The maximum atomic E-state index is 11.7. The van der Waals surface area contributed by atoms with Crippen LogP contribution in [0, 0.1) is 6.92 Å². The van der Waals surface area contributed by atoms with Crippen molar-refractivity contribution in [2.24, 2.45) is 0 Å². The Kier molecular flexibility index (Phi) is 6.31. The molecule has 5 nitrogen and oxygen atoms in total. The van der Waals surface area contributed by atoms with Gasteiger partial charge in [0.05, 0.1) is 12.8 Å². The summed E-state index contributed by atoms with van der Waals surface area (Å²) in [6.07, 6.45) is 0.987. The number of hydrogen-bond acceptors (Lipinski definition) is 4. The summed E-state index contributed by atoms with van der Waals surface area (Å²) in [5, 5.41) is 3.18. The summed E-state index contributed by atoms with van der Waals surface area (Å²) < 4.78 is 9.97. The van der Waals surface area contributed by atoms with Gasteiger partial charge in [-0.25, -0.2) is 0 Å². The maximum Gasteiger partial charge on any atom is 0.306 e. The molecule has 0 spiro atoms. The number of rotatable bonds is 6. The zero-order chi connectivity index (χ0) is 15.1. The van der Waals surface area contributed by atoms with Crippen molar-refractivity contribution in [2.45, 2.75) is 26.7 Å². The SMILES string of the molecule is CCCC(=O)OCC(=O)Nc1cc(C)c(Cl)cc1OC. The Morgan fingerprint density at radius 1 is 1.35 bits per heavy atom. The molecule has 1 N–H and O–H groups in total. The van der Waals surface area contributed by atoms with Crippen molar-refractivity contribution in [3.8, 4) is 5.75 Å². The molecule has 0 aliphatic rings. The second-order valence-electron chi connectivity index (χ2n) is 4.26. The van der Waals surface area contributed by atoms with Crippen LogP contribution in [-0.2, 0) is 14.3 Å². The van der Waals surface area contributed by atoms with E-state index in [-0.39, 0.29) is 12.6 Å². The first-order chi connectivity index (χ1) is 9.47. The standard InChI is InChI=1S/C14H18ClNO4/c1-4-5-14(18)20-8-13(17)16-11-6-9(2)10(15)7-12(11)19-3/h6-7H,4-5,8H2,1-3H3,(H,16,17). The van der Waals surface area contributed by atoms with Gasteiger partial charge in [0.15, 0.2) is 6.61 Å². The van der Waals surface area contributed by atoms with Gasteiger partial charge in [0.1, 0.15) is 5.75 Å². The highest BCUT2D eigenvalue weighted by Gasteiger charge is 2.12. The first-order valence-electron chi connectivity index (χ1n) is 6.27. The third-order valence-corrected chi connectivity index (χ3v) is 2.98. The smallest absolute Gasteiger partial charge is 0.306 e. The molecule has 1 aromatic rings. The number of esters is 1. The summed E-state index contributed by atoms with van der Waals surface area (Å²) in [5.74, 6) is -0.356. The first kappa shape index (κ1) is 16.3. The van der Waals surface area contributed by atoms with Crippen molar-refractivity contribution >= 4 is 29.2 Å². The van der Waals surface area contributed by atoms with E-state index in [0.717, 1.165) is 5.56 Å². The topological polar surface area (TPSA) is 64.6 Å². The predicted molar refractivity (Wildman–Crippen MR) is 77.2 cm³/mol. The van der Waals surface area contributed by atoms with Gasteiger partial charge >= 0.3 is 5.97 Å². The minimum atomic E-state index is -0.422. The van der Waals surface area contributed by atoms with Crippen molar-refractivity contribution in [3.63, 3.8) is 0 Å². The van der Waals surface area contributed by atoms with Crippen LogP contribution < -0.4 is 10.1 Å². The molecule has 0 fully saturated rings. The number of amides is 1. The van der Waals surface area contributed by atoms with E-state index in [4.69, 9.17) is 21.1 Å². The molecular weight excluding hydrogens is 282 g/mol. The van der Waals surface area contributed by atoms with E-state index in [0.29, 0.717) is 29.3 Å². The molecule has 0 heterocycles. The van der Waals surface area contributed by atoms with Crippen molar-refractivity contribution < 1.29 is 19.1 Å². The number of halogens is 1. The number of aryl methyl sites for hydroxylation is 1. The van der Waals surface area contributed by atoms with E-state index in [1.54, 1.807) is 12.1 Å². The number of nitrogens with one attached hydrogen (secondary N) is 1. The van der Waals surface area contributed by atoms with E-state index in [9.17, 15) is 9.59 Å². The summed E-state index contributed by atoms with van der Waals surface area (Å²) in [6, 6.07) is 3.32. The molecule has 0 unspecified atom stereocenters. The molecule has 1 amide bonds. The van der Waals surface area contributed by atoms with Crippen LogP contribution in [0.5, 0.6) is 5.75 Å². The number of benzene rings is 1. The highest BCUT2D eigenvalue weighted by molar-refractivity contribution is 6.31. The lowest BCUT2D eigenvalue weighted by Crippen LogP contribution is -2.21. The monoisotopic (exact) mass is 299 g/mol. The normalized spacial score (nSPS) is 10.0. The fraction of sp³-hybridized carbons (Fsp3) is 0.429. The molecule has 6 heteroatoms. The van der Waals surface area contributed by atoms with Crippen LogP contribution in [0.2, 0.25) is 5.02 Å². The molecule has 0 aromatic heterocycles. The van der Waals surface area contributed by atoms with Gasteiger partial charge in [-0.3, -0.25) is 9.59 Å². The van der Waals surface area contributed by atoms with Crippen LogP contribution in [0.3, 0.4) is 0 Å². The minimum absolute atomic E-state index is 0.302. The predicted octanol–water partition coefficient (Wildman–Crippen LogP) is 2.94. The van der Waals surface area contributed by atoms with Crippen molar-refractivity contribution in [3.05, 3.63) is 22.7 Å². The molecule has 0 atom stereocenters. The molecule has 1 rings (SSSR count). The van der Waals surface area contributed by atoms with Gasteiger partial charge in [-0.05, 0) is 25.0 Å². The highest BCUT2D eigenvalue weighted by atomic mass is 35.5. The molecule has 0 bridgehead atoms. The Balaban J connectivity index is 2.66. The summed E-state index contributed by atoms with van der Waals surface area (Å²) >= 11 is 5.98. The van der Waals surface area contributed by atoms with E-state index in [1.165, 1.54) is 7.11 Å². The van der Waals surface area contributed by atoms with Crippen molar-refractivity contribution in [2.75, 3.05) is 19.0 Å². The second kappa shape index (κ2) is 7.75. The van der Waals surface area contributed by atoms with Gasteiger partial charge in [0.25, 0.3) is 5.91 Å². The summed E-state index contributed by atoms with van der Waals surface area (Å²) in [6.45, 7) is 3.37. The van der Waals surface area contributed by atoms with Crippen LogP contribution in [0.25, 0.3) is 0 Å². The summed E-state index contributed by atoms with van der Waals surface area (Å²) in [7, 11) is 1.48. The van der Waals surface area contributed by atoms with E-state index >= 15 is 0 Å². The van der Waals surface area contributed by atoms with Gasteiger partial charge in [-0.15, -0.1) is 0 Å². The molecule has 0 aliphatic heterocycles. The van der Waals surface area contributed by atoms with Crippen molar-refractivity contribution in [1.29, 1.82) is 0 Å². The summed E-state index contributed by atoms with van der Waals surface area (Å²) in [5.41, 5.74) is 1.30. The summed E-state index contributed by atoms with van der Waals surface area (Å²) in [4.78, 5) is 22.9. The number of anilines is 1. The van der Waals surface area contributed by atoms with Gasteiger partial charge in [-0.2, -0.15) is 0 Å². The van der Waals surface area contributed by atoms with Crippen LogP contribution in [0.4, 0.5) is 5.69 Å². The molecule has 110 valence electrons. The average molecular weight is 300 g/mol. The van der Waals surface area contributed by atoms with Crippen LogP contribution >= 0.6 is 11.6 Å². The fourth-order valence-electron chi connectivity index (χ4n) is 1.54. The zero-order valence-corrected chi connectivity index (χ0v) is 12.5. The Morgan fingerprint density at radius 2 is 2.05 bits per heavy atom. The Labute approximate surface area is 123 Å². The Hall–Kier alpha value is -1.75. The lowest BCUT2D eigenvalue weighted by atomic mass is 10.2. The number of methoxy groups -OCH3 is 1.